The van der Waals surface area contributed by atoms with Crippen LogP contribution in [0.4, 0.5) is 11.4 Å². The summed E-state index contributed by atoms with van der Waals surface area (Å²) in [6.07, 6.45) is 1.56. The average molecular weight is 365 g/mol. The zero-order valence-electron chi connectivity index (χ0n) is 15.2. The number of hydrogen-bond acceptors (Lipinski definition) is 7. The van der Waals surface area contributed by atoms with E-state index in [1.54, 1.807) is 6.07 Å². The molecule has 1 aromatic rings. The molecular formula is C18H27N3O5. The van der Waals surface area contributed by atoms with Gasteiger partial charge in [0.05, 0.1) is 42.5 Å². The molecule has 1 aliphatic heterocycles. The first-order valence-corrected chi connectivity index (χ1v) is 9.19. The van der Waals surface area contributed by atoms with E-state index in [4.69, 9.17) is 9.47 Å². The first kappa shape index (κ1) is 18.9. The highest BCUT2D eigenvalue weighted by Crippen LogP contribution is 2.34. The van der Waals surface area contributed by atoms with Gasteiger partial charge in [0.2, 0.25) is 0 Å². The minimum absolute atomic E-state index is 0.0407. The van der Waals surface area contributed by atoms with E-state index >= 15 is 0 Å². The monoisotopic (exact) mass is 365 g/mol. The van der Waals surface area contributed by atoms with Crippen LogP contribution in [0.2, 0.25) is 0 Å². The van der Waals surface area contributed by atoms with Gasteiger partial charge in [-0.15, -0.1) is 0 Å². The summed E-state index contributed by atoms with van der Waals surface area (Å²) in [5.74, 6) is 1.24. The van der Waals surface area contributed by atoms with Gasteiger partial charge in [0.25, 0.3) is 5.69 Å². The topological polar surface area (TPSA) is 88.3 Å². The second kappa shape index (κ2) is 8.66. The zero-order valence-corrected chi connectivity index (χ0v) is 15.2. The highest BCUT2D eigenvalue weighted by atomic mass is 16.6. The van der Waals surface area contributed by atoms with Crippen LogP contribution in [-0.2, 0) is 4.74 Å². The maximum absolute atomic E-state index is 10.9. The molecule has 26 heavy (non-hydrogen) atoms. The molecule has 3 rings (SSSR count). The number of non-ortho nitro benzene ring substituents is 1. The molecule has 8 nitrogen and oxygen atoms in total. The Morgan fingerprint density at radius 3 is 2.92 bits per heavy atom. The van der Waals surface area contributed by atoms with Crippen molar-refractivity contribution in [1.82, 2.24) is 4.90 Å². The molecule has 144 valence electrons. The normalized spacial score (nSPS) is 21.4. The number of ether oxygens (including phenoxy) is 2. The lowest BCUT2D eigenvalue weighted by atomic mass is 10.2. The number of aliphatic hydroxyl groups excluding tert-OH is 1. The fraction of sp³-hybridized carbons (Fsp3) is 0.667. The van der Waals surface area contributed by atoms with Crippen molar-refractivity contribution in [1.29, 1.82) is 0 Å². The predicted molar refractivity (Wildman–Crippen MR) is 97.9 cm³/mol. The molecule has 1 aliphatic carbocycles. The van der Waals surface area contributed by atoms with E-state index in [-0.39, 0.29) is 12.3 Å². The van der Waals surface area contributed by atoms with Crippen molar-refractivity contribution in [3.63, 3.8) is 0 Å². The number of nitrogens with zero attached hydrogens (tertiary/aromatic N) is 3. The molecule has 1 aromatic carbocycles. The van der Waals surface area contributed by atoms with Gasteiger partial charge in [-0.1, -0.05) is 6.92 Å². The van der Waals surface area contributed by atoms with Crippen molar-refractivity contribution in [2.24, 2.45) is 5.92 Å². The van der Waals surface area contributed by atoms with Crippen molar-refractivity contribution >= 4 is 11.4 Å². The van der Waals surface area contributed by atoms with Gasteiger partial charge in [-0.3, -0.25) is 15.0 Å². The van der Waals surface area contributed by atoms with Crippen LogP contribution in [0.15, 0.2) is 18.2 Å². The fourth-order valence-corrected chi connectivity index (χ4v) is 3.20. The lowest BCUT2D eigenvalue weighted by Gasteiger charge is -2.33. The van der Waals surface area contributed by atoms with Gasteiger partial charge in [-0.25, -0.2) is 0 Å². The zero-order chi connectivity index (χ0) is 18.5. The van der Waals surface area contributed by atoms with Crippen molar-refractivity contribution in [3.05, 3.63) is 28.3 Å². The van der Waals surface area contributed by atoms with Gasteiger partial charge < -0.3 is 19.5 Å². The Hall–Kier alpha value is -1.90. The Kier molecular flexibility index (Phi) is 6.29. The maximum atomic E-state index is 10.9. The Balaban J connectivity index is 1.53. The van der Waals surface area contributed by atoms with Gasteiger partial charge in [-0.2, -0.15) is 0 Å². The van der Waals surface area contributed by atoms with Crippen molar-refractivity contribution in [3.8, 4) is 5.75 Å². The molecule has 1 N–H and O–H groups in total. The second-order valence-electron chi connectivity index (χ2n) is 6.93. The number of rotatable bonds is 10. The van der Waals surface area contributed by atoms with E-state index in [0.29, 0.717) is 37.5 Å². The standard InChI is InChI=1S/C18H27N3O5/c1-14-12-17(14)25-10-7-19(6-9-22)4-5-20-8-11-26-18-13-15(21(23)24)2-3-16(18)20/h2-3,13-14,17,22H,4-12H2,1H3/t14?,17-/m0/s1. The van der Waals surface area contributed by atoms with Gasteiger partial charge in [0, 0.05) is 32.2 Å². The number of benzene rings is 1. The molecule has 1 unspecified atom stereocenters. The van der Waals surface area contributed by atoms with E-state index in [1.165, 1.54) is 12.1 Å². The summed E-state index contributed by atoms with van der Waals surface area (Å²) in [4.78, 5) is 14.9. The summed E-state index contributed by atoms with van der Waals surface area (Å²) >= 11 is 0. The second-order valence-corrected chi connectivity index (χ2v) is 6.93. The van der Waals surface area contributed by atoms with Crippen LogP contribution < -0.4 is 9.64 Å². The molecule has 1 saturated carbocycles. The summed E-state index contributed by atoms with van der Waals surface area (Å²) in [7, 11) is 0. The molecule has 1 fully saturated rings. The van der Waals surface area contributed by atoms with E-state index in [0.717, 1.165) is 38.3 Å². The third-order valence-corrected chi connectivity index (χ3v) is 4.99. The number of hydrogen-bond donors (Lipinski definition) is 1. The molecule has 0 aromatic heterocycles. The summed E-state index contributed by atoms with van der Waals surface area (Å²) < 4.78 is 11.4. The lowest BCUT2D eigenvalue weighted by Crippen LogP contribution is -2.41. The quantitative estimate of drug-likeness (QED) is 0.497. The number of aliphatic hydroxyl groups is 1. The van der Waals surface area contributed by atoms with Crippen LogP contribution in [0.25, 0.3) is 0 Å². The largest absolute Gasteiger partial charge is 0.489 e. The van der Waals surface area contributed by atoms with Crippen LogP contribution in [0.1, 0.15) is 13.3 Å². The summed E-state index contributed by atoms with van der Waals surface area (Å²) in [6.45, 7) is 7.21. The van der Waals surface area contributed by atoms with E-state index < -0.39 is 4.92 Å². The molecule has 2 atom stereocenters. The third-order valence-electron chi connectivity index (χ3n) is 4.99. The summed E-state index contributed by atoms with van der Waals surface area (Å²) in [6, 6.07) is 4.74. The third kappa shape index (κ3) is 4.84. The fourth-order valence-electron chi connectivity index (χ4n) is 3.20. The van der Waals surface area contributed by atoms with Crippen LogP contribution in [0.5, 0.6) is 5.75 Å². The lowest BCUT2D eigenvalue weighted by molar-refractivity contribution is -0.384. The summed E-state index contributed by atoms with van der Waals surface area (Å²) in [5, 5.41) is 20.2. The van der Waals surface area contributed by atoms with Crippen LogP contribution >= 0.6 is 0 Å². The Morgan fingerprint density at radius 2 is 2.23 bits per heavy atom. The molecule has 0 saturated heterocycles. The minimum atomic E-state index is -0.410. The van der Waals surface area contributed by atoms with Gasteiger partial charge in [-0.05, 0) is 18.4 Å². The Morgan fingerprint density at radius 1 is 1.42 bits per heavy atom. The highest BCUT2D eigenvalue weighted by Gasteiger charge is 2.33. The minimum Gasteiger partial charge on any atom is -0.489 e. The maximum Gasteiger partial charge on any atom is 0.273 e. The molecule has 0 spiro atoms. The number of anilines is 1. The predicted octanol–water partition coefficient (Wildman–Crippen LogP) is 1.51. The summed E-state index contributed by atoms with van der Waals surface area (Å²) in [5.41, 5.74) is 0.924. The van der Waals surface area contributed by atoms with E-state index in [1.807, 2.05) is 0 Å². The number of nitro groups is 1. The SMILES string of the molecule is CC1C[C@@H]1OCCN(CCO)CCN1CCOc2cc([N+](=O)[O-])ccc21. The molecular weight excluding hydrogens is 338 g/mol. The molecule has 0 radical (unpaired) electrons. The number of nitro benzene ring substituents is 1. The molecule has 0 bridgehead atoms. The van der Waals surface area contributed by atoms with Crippen LogP contribution in [0, 0.1) is 16.0 Å². The van der Waals surface area contributed by atoms with E-state index in [9.17, 15) is 15.2 Å². The highest BCUT2D eigenvalue weighted by molar-refractivity contribution is 5.63. The van der Waals surface area contributed by atoms with Crippen LogP contribution in [-0.4, -0.2) is 73.6 Å². The molecule has 8 heteroatoms. The Labute approximate surface area is 153 Å². The van der Waals surface area contributed by atoms with Gasteiger partial charge >= 0.3 is 0 Å². The first-order chi connectivity index (χ1) is 12.6. The van der Waals surface area contributed by atoms with Crippen molar-refractivity contribution < 1.29 is 19.5 Å². The smallest absolute Gasteiger partial charge is 0.273 e. The van der Waals surface area contributed by atoms with Gasteiger partial charge in [0.15, 0.2) is 0 Å². The first-order valence-electron chi connectivity index (χ1n) is 9.19. The van der Waals surface area contributed by atoms with Gasteiger partial charge in [0.1, 0.15) is 12.4 Å². The van der Waals surface area contributed by atoms with Crippen LogP contribution in [0.3, 0.4) is 0 Å². The van der Waals surface area contributed by atoms with Crippen molar-refractivity contribution in [2.75, 3.05) is 57.4 Å². The van der Waals surface area contributed by atoms with E-state index in [2.05, 4.69) is 16.7 Å². The molecule has 2 aliphatic rings. The Bertz CT molecular complexity index is 627. The number of fused-ring (bicyclic) bond motifs is 1. The molecule has 0 amide bonds. The van der Waals surface area contributed by atoms with Crippen molar-refractivity contribution in [2.45, 2.75) is 19.4 Å². The molecule has 1 heterocycles. The average Bonchev–Trinajstić information content (AvgIpc) is 3.34.